The fourth-order valence-electron chi connectivity index (χ4n) is 3.58. The molecule has 5 rings (SSSR count). The van der Waals surface area contributed by atoms with Crippen LogP contribution in [0.15, 0.2) is 16.8 Å². The third-order valence-corrected chi connectivity index (χ3v) is 5.33. The molecular formula is C19H20ClN7O. The molecule has 1 aliphatic rings. The smallest absolute Gasteiger partial charge is 0.149 e. The van der Waals surface area contributed by atoms with Crippen LogP contribution in [0.5, 0.6) is 0 Å². The van der Waals surface area contributed by atoms with Gasteiger partial charge in [0.2, 0.25) is 0 Å². The minimum Gasteiger partial charge on any atom is -0.383 e. The van der Waals surface area contributed by atoms with E-state index in [4.69, 9.17) is 27.0 Å². The monoisotopic (exact) mass is 397 g/mol. The average Bonchev–Trinajstić information content (AvgIpc) is 3.08. The lowest BCUT2D eigenvalue weighted by Gasteiger charge is -2.07. The first kappa shape index (κ1) is 17.2. The van der Waals surface area contributed by atoms with Gasteiger partial charge in [-0.3, -0.25) is 9.78 Å². The second-order valence-electron chi connectivity index (χ2n) is 7.58. The number of anilines is 1. The van der Waals surface area contributed by atoms with Crippen molar-refractivity contribution in [1.29, 1.82) is 0 Å². The summed E-state index contributed by atoms with van der Waals surface area (Å²) < 4.78 is 7.64. The molecule has 9 heteroatoms. The summed E-state index contributed by atoms with van der Waals surface area (Å²) >= 11 is 6.46. The SMILES string of the molecule is Cc1cc(-c2c(-c3nn(C(C)C)c4c(Cl)cnc(N)c34)noc2C2CC2)n[nH]1. The zero-order chi connectivity index (χ0) is 19.6. The molecule has 4 aromatic heterocycles. The van der Waals surface area contributed by atoms with Crippen molar-refractivity contribution < 1.29 is 4.52 Å². The van der Waals surface area contributed by atoms with Gasteiger partial charge in [0.05, 0.1) is 33.4 Å². The van der Waals surface area contributed by atoms with Crippen LogP contribution < -0.4 is 5.73 Å². The van der Waals surface area contributed by atoms with Crippen LogP contribution >= 0.6 is 11.6 Å². The summed E-state index contributed by atoms with van der Waals surface area (Å²) in [6, 6.07) is 2.07. The molecule has 0 bridgehead atoms. The fourth-order valence-corrected chi connectivity index (χ4v) is 3.81. The highest BCUT2D eigenvalue weighted by Crippen LogP contribution is 2.48. The lowest BCUT2D eigenvalue weighted by atomic mass is 10.0. The molecule has 8 nitrogen and oxygen atoms in total. The molecule has 0 saturated heterocycles. The molecule has 4 heterocycles. The lowest BCUT2D eigenvalue weighted by Crippen LogP contribution is -2.03. The highest BCUT2D eigenvalue weighted by atomic mass is 35.5. The van der Waals surface area contributed by atoms with Gasteiger partial charge in [-0.1, -0.05) is 16.8 Å². The molecule has 1 saturated carbocycles. The number of rotatable bonds is 4. The van der Waals surface area contributed by atoms with Crippen LogP contribution in [0.4, 0.5) is 5.82 Å². The van der Waals surface area contributed by atoms with E-state index in [1.807, 2.05) is 31.5 Å². The Morgan fingerprint density at radius 3 is 2.75 bits per heavy atom. The molecular weight excluding hydrogens is 378 g/mol. The van der Waals surface area contributed by atoms with Crippen LogP contribution in [-0.2, 0) is 0 Å². The first-order chi connectivity index (χ1) is 13.5. The van der Waals surface area contributed by atoms with Gasteiger partial charge in [0.25, 0.3) is 0 Å². The second-order valence-corrected chi connectivity index (χ2v) is 7.99. The lowest BCUT2D eigenvalue weighted by molar-refractivity contribution is 0.386. The summed E-state index contributed by atoms with van der Waals surface area (Å²) in [6.07, 6.45) is 3.73. The number of nitrogens with one attached hydrogen (secondary N) is 1. The molecule has 0 unspecified atom stereocenters. The van der Waals surface area contributed by atoms with Gasteiger partial charge in [-0.2, -0.15) is 10.2 Å². The Kier molecular flexibility index (Phi) is 3.74. The largest absolute Gasteiger partial charge is 0.383 e. The first-order valence-electron chi connectivity index (χ1n) is 9.30. The summed E-state index contributed by atoms with van der Waals surface area (Å²) in [5.41, 5.74) is 10.8. The molecule has 0 radical (unpaired) electrons. The Balaban J connectivity index is 1.84. The summed E-state index contributed by atoms with van der Waals surface area (Å²) in [6.45, 7) is 6.05. The van der Waals surface area contributed by atoms with Crippen LogP contribution in [0.25, 0.3) is 33.5 Å². The number of pyridine rings is 1. The minimum absolute atomic E-state index is 0.0847. The van der Waals surface area contributed by atoms with Gasteiger partial charge in [0.15, 0.2) is 0 Å². The van der Waals surface area contributed by atoms with Crippen molar-refractivity contribution in [3.8, 4) is 22.6 Å². The molecule has 0 aliphatic heterocycles. The maximum absolute atomic E-state index is 6.46. The number of nitrogens with two attached hydrogens (primary N) is 1. The molecule has 3 N–H and O–H groups in total. The molecule has 144 valence electrons. The molecule has 0 atom stereocenters. The van der Waals surface area contributed by atoms with Crippen molar-refractivity contribution in [1.82, 2.24) is 30.1 Å². The first-order valence-corrected chi connectivity index (χ1v) is 9.68. The standard InChI is InChI=1S/C19H20ClN7O/c1-8(2)27-17-11(20)7-22-19(21)14(17)15(25-27)16-13(12-6-9(3)23-24-12)18(28-26-16)10-4-5-10/h6-8,10H,4-5H2,1-3H3,(H2,21,22)(H,23,24). The van der Waals surface area contributed by atoms with Crippen LogP contribution in [0.2, 0.25) is 5.02 Å². The number of hydrogen-bond acceptors (Lipinski definition) is 6. The quantitative estimate of drug-likeness (QED) is 0.525. The molecule has 1 aliphatic carbocycles. The number of nitrogens with zero attached hydrogens (tertiary/aromatic N) is 5. The predicted molar refractivity (Wildman–Crippen MR) is 107 cm³/mol. The van der Waals surface area contributed by atoms with E-state index in [2.05, 4.69) is 20.3 Å². The van der Waals surface area contributed by atoms with Gasteiger partial charge in [-0.05, 0) is 39.7 Å². The van der Waals surface area contributed by atoms with Gasteiger partial charge >= 0.3 is 0 Å². The number of aryl methyl sites for hydroxylation is 1. The van der Waals surface area contributed by atoms with E-state index in [0.29, 0.717) is 33.5 Å². The summed E-state index contributed by atoms with van der Waals surface area (Å²) in [5, 5.41) is 17.8. The minimum atomic E-state index is 0.0847. The van der Waals surface area contributed by atoms with Gasteiger partial charge in [0, 0.05) is 17.7 Å². The third kappa shape index (κ3) is 2.51. The number of aromatic nitrogens is 6. The number of fused-ring (bicyclic) bond motifs is 1. The molecule has 0 spiro atoms. The van der Waals surface area contributed by atoms with E-state index in [0.717, 1.165) is 41.1 Å². The number of nitrogen functional groups attached to an aromatic ring is 1. The summed E-state index contributed by atoms with van der Waals surface area (Å²) in [4.78, 5) is 4.24. The van der Waals surface area contributed by atoms with Crippen molar-refractivity contribution in [3.05, 3.63) is 28.7 Å². The second kappa shape index (κ2) is 6.07. The number of halogens is 1. The van der Waals surface area contributed by atoms with Crippen LogP contribution in [0.3, 0.4) is 0 Å². The normalized spacial score (nSPS) is 14.5. The van der Waals surface area contributed by atoms with E-state index in [1.54, 1.807) is 6.20 Å². The topological polar surface area (TPSA) is 111 Å². The van der Waals surface area contributed by atoms with E-state index in [-0.39, 0.29) is 6.04 Å². The Bertz CT molecular complexity index is 1200. The van der Waals surface area contributed by atoms with Crippen molar-refractivity contribution in [2.24, 2.45) is 0 Å². The van der Waals surface area contributed by atoms with Gasteiger partial charge in [0.1, 0.15) is 23.0 Å². The average molecular weight is 398 g/mol. The third-order valence-electron chi connectivity index (χ3n) is 5.05. The summed E-state index contributed by atoms with van der Waals surface area (Å²) in [7, 11) is 0. The van der Waals surface area contributed by atoms with Gasteiger partial charge < -0.3 is 10.3 Å². The number of aromatic amines is 1. The Morgan fingerprint density at radius 1 is 1.32 bits per heavy atom. The molecule has 28 heavy (non-hydrogen) atoms. The zero-order valence-corrected chi connectivity index (χ0v) is 16.6. The summed E-state index contributed by atoms with van der Waals surface area (Å²) in [5.74, 6) is 1.58. The van der Waals surface area contributed by atoms with E-state index in [9.17, 15) is 0 Å². The van der Waals surface area contributed by atoms with Crippen LogP contribution in [-0.4, -0.2) is 30.1 Å². The van der Waals surface area contributed by atoms with E-state index >= 15 is 0 Å². The van der Waals surface area contributed by atoms with Crippen LogP contribution in [0.1, 0.15) is 50.1 Å². The van der Waals surface area contributed by atoms with Crippen molar-refractivity contribution in [2.45, 2.75) is 45.6 Å². The highest BCUT2D eigenvalue weighted by Gasteiger charge is 2.35. The molecule has 0 aromatic carbocycles. The molecule has 4 aromatic rings. The molecule has 1 fully saturated rings. The molecule has 0 amide bonds. The Morgan fingerprint density at radius 2 is 2.11 bits per heavy atom. The van der Waals surface area contributed by atoms with E-state index in [1.165, 1.54) is 0 Å². The fraction of sp³-hybridized carbons (Fsp3) is 0.368. The van der Waals surface area contributed by atoms with Crippen LogP contribution in [0, 0.1) is 6.92 Å². The maximum atomic E-state index is 6.46. The zero-order valence-electron chi connectivity index (χ0n) is 15.8. The Labute approximate surface area is 166 Å². The van der Waals surface area contributed by atoms with Crippen molar-refractivity contribution in [3.63, 3.8) is 0 Å². The Hall–Kier alpha value is -2.87. The van der Waals surface area contributed by atoms with E-state index < -0.39 is 0 Å². The van der Waals surface area contributed by atoms with Crippen molar-refractivity contribution >= 4 is 28.3 Å². The van der Waals surface area contributed by atoms with Gasteiger partial charge in [-0.15, -0.1) is 0 Å². The van der Waals surface area contributed by atoms with Gasteiger partial charge in [-0.25, -0.2) is 4.98 Å². The predicted octanol–water partition coefficient (Wildman–Crippen LogP) is 4.48. The van der Waals surface area contributed by atoms with Crippen molar-refractivity contribution in [2.75, 3.05) is 5.73 Å². The highest BCUT2D eigenvalue weighted by molar-refractivity contribution is 6.35. The number of H-pyrrole nitrogens is 1. The maximum Gasteiger partial charge on any atom is 0.149 e. The number of hydrogen-bond donors (Lipinski definition) is 2.